The van der Waals surface area contributed by atoms with Crippen molar-refractivity contribution in [3.63, 3.8) is 0 Å². The molecular weight excluding hydrogens is 254 g/mol. The standard InChI is InChI=1S/C11H19N3O3S/c1-4-17-9(2)7-14-18(15,16)11-8-13-6-5-10(11)12-3/h5-6,8-9,14H,4,7H2,1-3H3,(H,12,13). The quantitative estimate of drug-likeness (QED) is 0.769. The monoisotopic (exact) mass is 273 g/mol. The average molecular weight is 273 g/mol. The molecule has 0 amide bonds. The molecule has 1 rings (SSSR count). The predicted octanol–water partition coefficient (Wildman–Crippen LogP) is 0.827. The highest BCUT2D eigenvalue weighted by molar-refractivity contribution is 7.89. The van der Waals surface area contributed by atoms with Crippen molar-refractivity contribution in [3.05, 3.63) is 18.5 Å². The summed E-state index contributed by atoms with van der Waals surface area (Å²) in [7, 11) is -1.91. The summed E-state index contributed by atoms with van der Waals surface area (Å²) < 4.78 is 31.9. The molecule has 18 heavy (non-hydrogen) atoms. The number of pyridine rings is 1. The number of nitrogens with one attached hydrogen (secondary N) is 2. The Balaban J connectivity index is 2.80. The summed E-state index contributed by atoms with van der Waals surface area (Å²) in [4.78, 5) is 3.97. The van der Waals surface area contributed by atoms with E-state index in [-0.39, 0.29) is 17.5 Å². The number of hydrogen-bond donors (Lipinski definition) is 2. The SMILES string of the molecule is CCOC(C)CNS(=O)(=O)c1cnccc1NC. The minimum atomic E-state index is -3.57. The van der Waals surface area contributed by atoms with Gasteiger partial charge >= 0.3 is 0 Å². The van der Waals surface area contributed by atoms with Crippen molar-refractivity contribution in [3.8, 4) is 0 Å². The Morgan fingerprint density at radius 1 is 1.50 bits per heavy atom. The summed E-state index contributed by atoms with van der Waals surface area (Å²) in [5, 5.41) is 2.82. The number of aromatic nitrogens is 1. The Bertz CT molecular complexity index is 476. The summed E-state index contributed by atoms with van der Waals surface area (Å²) >= 11 is 0. The molecule has 1 aromatic rings. The summed E-state index contributed by atoms with van der Waals surface area (Å²) in [6.45, 7) is 4.46. The first-order valence-corrected chi connectivity index (χ1v) is 7.22. The van der Waals surface area contributed by atoms with Gasteiger partial charge in [-0.1, -0.05) is 0 Å². The zero-order chi connectivity index (χ0) is 13.6. The molecule has 1 heterocycles. The molecule has 0 radical (unpaired) electrons. The number of sulfonamides is 1. The molecule has 0 saturated heterocycles. The second-order valence-corrected chi connectivity index (χ2v) is 5.48. The van der Waals surface area contributed by atoms with Crippen LogP contribution < -0.4 is 10.0 Å². The van der Waals surface area contributed by atoms with Gasteiger partial charge < -0.3 is 10.1 Å². The number of ether oxygens (including phenoxy) is 1. The largest absolute Gasteiger partial charge is 0.387 e. The maximum absolute atomic E-state index is 12.1. The third kappa shape index (κ3) is 3.94. The smallest absolute Gasteiger partial charge is 0.244 e. The number of hydrogen-bond acceptors (Lipinski definition) is 5. The molecule has 1 unspecified atom stereocenters. The highest BCUT2D eigenvalue weighted by Gasteiger charge is 2.18. The minimum absolute atomic E-state index is 0.135. The van der Waals surface area contributed by atoms with E-state index in [0.29, 0.717) is 12.3 Å². The molecule has 6 nitrogen and oxygen atoms in total. The van der Waals surface area contributed by atoms with Gasteiger partial charge in [0.25, 0.3) is 0 Å². The molecule has 0 aliphatic carbocycles. The first kappa shape index (κ1) is 14.9. The average Bonchev–Trinajstić information content (AvgIpc) is 2.37. The summed E-state index contributed by atoms with van der Waals surface area (Å²) in [5.41, 5.74) is 0.515. The van der Waals surface area contributed by atoms with Gasteiger partial charge in [-0.3, -0.25) is 4.98 Å². The third-order valence-electron chi connectivity index (χ3n) is 2.36. The molecule has 0 aliphatic heterocycles. The number of nitrogens with zero attached hydrogens (tertiary/aromatic N) is 1. The van der Waals surface area contributed by atoms with E-state index in [0.717, 1.165) is 0 Å². The maximum Gasteiger partial charge on any atom is 0.244 e. The first-order valence-electron chi connectivity index (χ1n) is 5.74. The van der Waals surface area contributed by atoms with Crippen molar-refractivity contribution in [2.75, 3.05) is 25.5 Å². The zero-order valence-corrected chi connectivity index (χ0v) is 11.6. The van der Waals surface area contributed by atoms with Crippen LogP contribution in [0.15, 0.2) is 23.4 Å². The molecule has 0 aliphatic rings. The van der Waals surface area contributed by atoms with E-state index in [9.17, 15) is 8.42 Å². The fraction of sp³-hybridized carbons (Fsp3) is 0.545. The molecule has 102 valence electrons. The van der Waals surface area contributed by atoms with Crippen LogP contribution in [-0.4, -0.2) is 39.7 Å². The van der Waals surface area contributed by atoms with E-state index in [2.05, 4.69) is 15.0 Å². The van der Waals surface area contributed by atoms with E-state index in [1.54, 1.807) is 13.1 Å². The molecule has 1 aromatic heterocycles. The van der Waals surface area contributed by atoms with E-state index < -0.39 is 10.0 Å². The summed E-state index contributed by atoms with van der Waals surface area (Å²) in [6, 6.07) is 1.61. The highest BCUT2D eigenvalue weighted by atomic mass is 32.2. The van der Waals surface area contributed by atoms with Crippen LogP contribution in [0, 0.1) is 0 Å². The van der Waals surface area contributed by atoms with Crippen LogP contribution in [0.3, 0.4) is 0 Å². The van der Waals surface area contributed by atoms with Crippen LogP contribution in [0.1, 0.15) is 13.8 Å². The topological polar surface area (TPSA) is 80.3 Å². The Hall–Kier alpha value is -1.18. The molecular formula is C11H19N3O3S. The van der Waals surface area contributed by atoms with Crippen LogP contribution in [-0.2, 0) is 14.8 Å². The number of rotatable bonds is 7. The highest BCUT2D eigenvalue weighted by Crippen LogP contribution is 2.18. The second-order valence-electron chi connectivity index (χ2n) is 3.74. The predicted molar refractivity (Wildman–Crippen MR) is 70.1 cm³/mol. The van der Waals surface area contributed by atoms with Crippen molar-refractivity contribution in [2.24, 2.45) is 0 Å². The Kier molecular flexibility index (Phi) is 5.52. The minimum Gasteiger partial charge on any atom is -0.387 e. The van der Waals surface area contributed by atoms with Gasteiger partial charge in [0.05, 0.1) is 11.8 Å². The van der Waals surface area contributed by atoms with Gasteiger partial charge in [0, 0.05) is 32.6 Å². The van der Waals surface area contributed by atoms with Gasteiger partial charge in [0.2, 0.25) is 10.0 Å². The molecule has 7 heteroatoms. The molecule has 0 fully saturated rings. The molecule has 0 spiro atoms. The van der Waals surface area contributed by atoms with Crippen LogP contribution in [0.4, 0.5) is 5.69 Å². The van der Waals surface area contributed by atoms with Crippen molar-refractivity contribution < 1.29 is 13.2 Å². The summed E-state index contributed by atoms with van der Waals surface area (Å²) in [6.07, 6.45) is 2.69. The van der Waals surface area contributed by atoms with Gasteiger partial charge in [-0.05, 0) is 19.9 Å². The van der Waals surface area contributed by atoms with Crippen molar-refractivity contribution >= 4 is 15.7 Å². The van der Waals surface area contributed by atoms with Crippen molar-refractivity contribution in [2.45, 2.75) is 24.8 Å². The lowest BCUT2D eigenvalue weighted by atomic mass is 10.4. The van der Waals surface area contributed by atoms with Crippen molar-refractivity contribution in [1.82, 2.24) is 9.71 Å². The molecule has 0 bridgehead atoms. The van der Waals surface area contributed by atoms with Crippen LogP contribution in [0.5, 0.6) is 0 Å². The zero-order valence-electron chi connectivity index (χ0n) is 10.8. The molecule has 0 saturated carbocycles. The lowest BCUT2D eigenvalue weighted by Gasteiger charge is -2.14. The van der Waals surface area contributed by atoms with E-state index >= 15 is 0 Å². The van der Waals surface area contributed by atoms with Gasteiger partial charge in [0.1, 0.15) is 4.90 Å². The normalized spacial score (nSPS) is 13.3. The Morgan fingerprint density at radius 2 is 2.22 bits per heavy atom. The third-order valence-corrected chi connectivity index (χ3v) is 3.81. The van der Waals surface area contributed by atoms with Gasteiger partial charge in [-0.25, -0.2) is 13.1 Å². The maximum atomic E-state index is 12.1. The lowest BCUT2D eigenvalue weighted by Crippen LogP contribution is -2.32. The van der Waals surface area contributed by atoms with E-state index in [1.165, 1.54) is 12.4 Å². The van der Waals surface area contributed by atoms with E-state index in [4.69, 9.17) is 4.74 Å². The van der Waals surface area contributed by atoms with Crippen LogP contribution >= 0.6 is 0 Å². The second kappa shape index (κ2) is 6.67. The van der Waals surface area contributed by atoms with Gasteiger partial charge in [-0.15, -0.1) is 0 Å². The van der Waals surface area contributed by atoms with Gasteiger partial charge in [0.15, 0.2) is 0 Å². The van der Waals surface area contributed by atoms with E-state index in [1.807, 2.05) is 13.8 Å². The summed E-state index contributed by atoms with van der Waals surface area (Å²) in [5.74, 6) is 0. The molecule has 1 atom stereocenters. The fourth-order valence-corrected chi connectivity index (χ4v) is 2.72. The van der Waals surface area contributed by atoms with Crippen LogP contribution in [0.2, 0.25) is 0 Å². The number of anilines is 1. The fourth-order valence-electron chi connectivity index (χ4n) is 1.45. The molecule has 2 N–H and O–H groups in total. The van der Waals surface area contributed by atoms with Crippen LogP contribution in [0.25, 0.3) is 0 Å². The Labute approximate surface area is 108 Å². The van der Waals surface area contributed by atoms with Gasteiger partial charge in [-0.2, -0.15) is 0 Å². The van der Waals surface area contributed by atoms with Crippen molar-refractivity contribution in [1.29, 1.82) is 0 Å². The Morgan fingerprint density at radius 3 is 2.83 bits per heavy atom. The lowest BCUT2D eigenvalue weighted by molar-refractivity contribution is 0.0799. The molecule has 0 aromatic carbocycles. The first-order chi connectivity index (χ1) is 8.51.